The van der Waals surface area contributed by atoms with Crippen molar-refractivity contribution in [1.82, 2.24) is 0 Å². The minimum atomic E-state index is -3.33. The Balaban J connectivity index is 2.23. The third kappa shape index (κ3) is 3.49. The standard InChI is InChI=1S/C18H15ClN2O4S/c1-12-3-4-14(10-20(12)22)18-17(9-15(19)11-21(18)23)13-5-7-16(8-6-13)26(2,24)25/h3-11H,1-2H3. The highest BCUT2D eigenvalue weighted by atomic mass is 35.5. The maximum atomic E-state index is 12.5. The molecule has 3 rings (SSSR count). The van der Waals surface area contributed by atoms with Crippen molar-refractivity contribution in [2.45, 2.75) is 11.8 Å². The van der Waals surface area contributed by atoms with E-state index in [0.29, 0.717) is 31.8 Å². The highest BCUT2D eigenvalue weighted by molar-refractivity contribution is 7.90. The normalized spacial score (nSPS) is 11.5. The molecule has 6 nitrogen and oxygen atoms in total. The molecule has 0 bridgehead atoms. The van der Waals surface area contributed by atoms with E-state index >= 15 is 0 Å². The first kappa shape index (κ1) is 18.2. The maximum absolute atomic E-state index is 12.5. The lowest BCUT2D eigenvalue weighted by molar-refractivity contribution is -0.614. The predicted octanol–water partition coefficient (Wildman–Crippen LogP) is 2.65. The summed E-state index contributed by atoms with van der Waals surface area (Å²) in [6.07, 6.45) is 3.65. The molecular weight excluding hydrogens is 376 g/mol. The van der Waals surface area contributed by atoms with E-state index in [1.165, 1.54) is 24.5 Å². The minimum absolute atomic E-state index is 0.174. The van der Waals surface area contributed by atoms with Crippen LogP contribution in [0.4, 0.5) is 0 Å². The van der Waals surface area contributed by atoms with E-state index in [1.807, 2.05) is 0 Å². The molecule has 26 heavy (non-hydrogen) atoms. The molecular formula is C18H15ClN2O4S. The molecule has 0 unspecified atom stereocenters. The fraction of sp³-hybridized carbons (Fsp3) is 0.111. The van der Waals surface area contributed by atoms with E-state index in [1.54, 1.807) is 37.3 Å². The summed E-state index contributed by atoms with van der Waals surface area (Å²) in [5.74, 6) is 0. The number of pyridine rings is 2. The van der Waals surface area contributed by atoms with Crippen LogP contribution in [0.1, 0.15) is 5.69 Å². The van der Waals surface area contributed by atoms with Crippen molar-refractivity contribution in [3.05, 3.63) is 76.0 Å². The first-order valence-electron chi connectivity index (χ1n) is 7.60. The molecule has 2 heterocycles. The topological polar surface area (TPSA) is 88.0 Å². The Hall–Kier alpha value is -2.64. The van der Waals surface area contributed by atoms with Gasteiger partial charge in [0.25, 0.3) is 0 Å². The second-order valence-electron chi connectivity index (χ2n) is 5.93. The van der Waals surface area contributed by atoms with Gasteiger partial charge in [0, 0.05) is 19.2 Å². The smallest absolute Gasteiger partial charge is 0.237 e. The van der Waals surface area contributed by atoms with E-state index in [9.17, 15) is 18.8 Å². The van der Waals surface area contributed by atoms with Gasteiger partial charge in [-0.3, -0.25) is 0 Å². The molecule has 0 aliphatic carbocycles. The Morgan fingerprint density at radius 2 is 1.54 bits per heavy atom. The molecule has 0 amide bonds. The Kier molecular flexibility index (Phi) is 4.60. The molecule has 8 heteroatoms. The molecule has 0 N–H and O–H groups in total. The number of nitrogens with zero attached hydrogens (tertiary/aromatic N) is 2. The van der Waals surface area contributed by atoms with Crippen molar-refractivity contribution < 1.29 is 17.9 Å². The summed E-state index contributed by atoms with van der Waals surface area (Å²) in [6.45, 7) is 1.66. The van der Waals surface area contributed by atoms with Gasteiger partial charge in [-0.05, 0) is 29.8 Å². The quantitative estimate of drug-likeness (QED) is 0.508. The maximum Gasteiger partial charge on any atom is 0.237 e. The van der Waals surface area contributed by atoms with E-state index in [2.05, 4.69) is 0 Å². The number of aryl methyl sites for hydroxylation is 1. The third-order valence-electron chi connectivity index (χ3n) is 3.97. The molecule has 0 fully saturated rings. The summed E-state index contributed by atoms with van der Waals surface area (Å²) in [7, 11) is -3.33. The lowest BCUT2D eigenvalue weighted by atomic mass is 10.00. The molecule has 0 aliphatic heterocycles. The zero-order chi connectivity index (χ0) is 19.1. The van der Waals surface area contributed by atoms with Crippen LogP contribution in [0.5, 0.6) is 0 Å². The van der Waals surface area contributed by atoms with Gasteiger partial charge in [0.2, 0.25) is 5.69 Å². The van der Waals surface area contributed by atoms with Crippen LogP contribution in [0.2, 0.25) is 5.02 Å². The van der Waals surface area contributed by atoms with Gasteiger partial charge in [0.05, 0.1) is 10.5 Å². The fourth-order valence-corrected chi connectivity index (χ4v) is 3.45. The number of hydrogen-bond acceptors (Lipinski definition) is 4. The Morgan fingerprint density at radius 1 is 0.923 bits per heavy atom. The van der Waals surface area contributed by atoms with Gasteiger partial charge >= 0.3 is 0 Å². The van der Waals surface area contributed by atoms with Gasteiger partial charge in [-0.15, -0.1) is 0 Å². The number of aromatic nitrogens is 2. The van der Waals surface area contributed by atoms with Crippen molar-refractivity contribution >= 4 is 21.4 Å². The van der Waals surface area contributed by atoms with Crippen LogP contribution in [0.15, 0.2) is 59.8 Å². The van der Waals surface area contributed by atoms with Gasteiger partial charge in [-0.25, -0.2) is 8.42 Å². The predicted molar refractivity (Wildman–Crippen MR) is 98.1 cm³/mol. The molecule has 1 aromatic carbocycles. The first-order valence-corrected chi connectivity index (χ1v) is 9.87. The second kappa shape index (κ2) is 6.59. The Labute approximate surface area is 156 Å². The van der Waals surface area contributed by atoms with Gasteiger partial charge in [-0.1, -0.05) is 23.7 Å². The van der Waals surface area contributed by atoms with Crippen molar-refractivity contribution in [2.75, 3.05) is 6.26 Å². The molecule has 3 aromatic rings. The second-order valence-corrected chi connectivity index (χ2v) is 8.38. The zero-order valence-electron chi connectivity index (χ0n) is 14.0. The van der Waals surface area contributed by atoms with Crippen molar-refractivity contribution in [3.8, 4) is 22.4 Å². The van der Waals surface area contributed by atoms with Crippen molar-refractivity contribution in [1.29, 1.82) is 0 Å². The molecule has 2 aromatic heterocycles. The van der Waals surface area contributed by atoms with Crippen LogP contribution in [-0.2, 0) is 9.84 Å². The van der Waals surface area contributed by atoms with E-state index in [0.717, 1.165) is 6.26 Å². The monoisotopic (exact) mass is 390 g/mol. The molecule has 0 radical (unpaired) electrons. The number of sulfone groups is 1. The van der Waals surface area contributed by atoms with E-state index in [4.69, 9.17) is 11.6 Å². The fourth-order valence-electron chi connectivity index (χ4n) is 2.62. The molecule has 0 atom stereocenters. The van der Waals surface area contributed by atoms with Gasteiger partial charge in [0.1, 0.15) is 10.6 Å². The van der Waals surface area contributed by atoms with Gasteiger partial charge in [0.15, 0.2) is 27.9 Å². The highest BCUT2D eigenvalue weighted by Gasteiger charge is 2.21. The summed E-state index contributed by atoms with van der Waals surface area (Å²) >= 11 is 6.04. The van der Waals surface area contributed by atoms with Crippen LogP contribution < -0.4 is 9.46 Å². The van der Waals surface area contributed by atoms with Crippen LogP contribution in [-0.4, -0.2) is 14.7 Å². The SMILES string of the molecule is Cc1ccc(-c2c(-c3ccc(S(C)(=O)=O)cc3)cc(Cl)c[n+]2[O-])c[n+]1[O-]. The summed E-state index contributed by atoms with van der Waals surface area (Å²) < 4.78 is 24.6. The van der Waals surface area contributed by atoms with Crippen LogP contribution in [0, 0.1) is 17.3 Å². The third-order valence-corrected chi connectivity index (χ3v) is 5.31. The Morgan fingerprint density at radius 3 is 2.12 bits per heavy atom. The van der Waals surface area contributed by atoms with Gasteiger partial charge < -0.3 is 10.4 Å². The zero-order valence-corrected chi connectivity index (χ0v) is 15.6. The molecule has 0 saturated carbocycles. The molecule has 0 saturated heterocycles. The summed E-state index contributed by atoms with van der Waals surface area (Å²) in [5.41, 5.74) is 2.29. The first-order chi connectivity index (χ1) is 12.2. The van der Waals surface area contributed by atoms with Crippen LogP contribution >= 0.6 is 11.6 Å². The summed E-state index contributed by atoms with van der Waals surface area (Å²) in [4.78, 5) is 0.174. The van der Waals surface area contributed by atoms with E-state index < -0.39 is 9.84 Å². The number of benzene rings is 1. The average Bonchev–Trinajstić information content (AvgIpc) is 2.56. The number of halogens is 1. The van der Waals surface area contributed by atoms with E-state index in [-0.39, 0.29) is 15.6 Å². The number of hydrogen-bond donors (Lipinski definition) is 0. The molecule has 0 spiro atoms. The minimum Gasteiger partial charge on any atom is -0.618 e. The summed E-state index contributed by atoms with van der Waals surface area (Å²) in [6, 6.07) is 11.0. The largest absolute Gasteiger partial charge is 0.618 e. The lowest BCUT2D eigenvalue weighted by Gasteiger charge is -2.12. The Bertz CT molecular complexity index is 1100. The average molecular weight is 391 g/mol. The van der Waals surface area contributed by atoms with Crippen LogP contribution in [0.25, 0.3) is 22.4 Å². The van der Waals surface area contributed by atoms with Crippen molar-refractivity contribution in [3.63, 3.8) is 0 Å². The number of rotatable bonds is 3. The van der Waals surface area contributed by atoms with Gasteiger partial charge in [-0.2, -0.15) is 9.46 Å². The summed E-state index contributed by atoms with van der Waals surface area (Å²) in [5, 5.41) is 24.6. The van der Waals surface area contributed by atoms with Crippen LogP contribution in [0.3, 0.4) is 0 Å². The highest BCUT2D eigenvalue weighted by Crippen LogP contribution is 2.31. The lowest BCUT2D eigenvalue weighted by Crippen LogP contribution is -2.33. The molecule has 0 aliphatic rings. The van der Waals surface area contributed by atoms with Crippen molar-refractivity contribution in [2.24, 2.45) is 0 Å². The molecule has 134 valence electrons.